The quantitative estimate of drug-likeness (QED) is 0.764. The van der Waals surface area contributed by atoms with Crippen LogP contribution in [0.4, 0.5) is 0 Å². The van der Waals surface area contributed by atoms with Gasteiger partial charge in [-0.25, -0.2) is 4.79 Å². The summed E-state index contributed by atoms with van der Waals surface area (Å²) in [5, 5.41) is 8.81. The zero-order chi connectivity index (χ0) is 11.3. The van der Waals surface area contributed by atoms with Gasteiger partial charge in [0.25, 0.3) is 0 Å². The molecular formula is C13H16O2. The van der Waals surface area contributed by atoms with Crippen LogP contribution in [-0.2, 0) is 4.79 Å². The van der Waals surface area contributed by atoms with Gasteiger partial charge < -0.3 is 5.11 Å². The molecule has 0 spiro atoms. The molecule has 0 heterocycles. The fourth-order valence-corrected chi connectivity index (χ4v) is 1.52. The molecule has 1 aromatic rings. The van der Waals surface area contributed by atoms with Crippen LogP contribution >= 0.6 is 0 Å². The number of carboxylic acids is 1. The van der Waals surface area contributed by atoms with Gasteiger partial charge in [0.2, 0.25) is 0 Å². The number of allylic oxidation sites excluding steroid dienone is 1. The number of benzene rings is 1. The van der Waals surface area contributed by atoms with Crippen molar-refractivity contribution >= 4 is 5.97 Å². The SMILES string of the molecule is CCC(C=C(C)C(=O)O)c1ccccc1. The number of hydrogen-bond donors (Lipinski definition) is 1. The van der Waals surface area contributed by atoms with Crippen LogP contribution in [0.25, 0.3) is 0 Å². The summed E-state index contributed by atoms with van der Waals surface area (Å²) in [5.41, 5.74) is 1.58. The molecule has 1 rings (SSSR count). The van der Waals surface area contributed by atoms with E-state index in [9.17, 15) is 4.79 Å². The second kappa shape index (κ2) is 5.35. The van der Waals surface area contributed by atoms with Crippen LogP contribution in [0.3, 0.4) is 0 Å². The van der Waals surface area contributed by atoms with Gasteiger partial charge in [-0.3, -0.25) is 0 Å². The summed E-state index contributed by atoms with van der Waals surface area (Å²) in [7, 11) is 0. The highest BCUT2D eigenvalue weighted by Gasteiger charge is 2.08. The van der Waals surface area contributed by atoms with Gasteiger partial charge in [0.1, 0.15) is 0 Å². The number of carbonyl (C=O) groups is 1. The summed E-state index contributed by atoms with van der Waals surface area (Å²) < 4.78 is 0. The van der Waals surface area contributed by atoms with Gasteiger partial charge in [0.15, 0.2) is 0 Å². The molecule has 0 bridgehead atoms. The molecule has 0 aromatic heterocycles. The van der Waals surface area contributed by atoms with E-state index in [2.05, 4.69) is 6.92 Å². The second-order valence-corrected chi connectivity index (χ2v) is 3.58. The van der Waals surface area contributed by atoms with Crippen molar-refractivity contribution in [3.63, 3.8) is 0 Å². The molecule has 0 saturated heterocycles. The molecule has 2 nitrogen and oxygen atoms in total. The maximum atomic E-state index is 10.7. The second-order valence-electron chi connectivity index (χ2n) is 3.58. The Bertz CT molecular complexity index is 352. The van der Waals surface area contributed by atoms with E-state index in [1.54, 1.807) is 6.92 Å². The van der Waals surface area contributed by atoms with Gasteiger partial charge in [-0.15, -0.1) is 0 Å². The van der Waals surface area contributed by atoms with E-state index in [1.807, 2.05) is 36.4 Å². The minimum Gasteiger partial charge on any atom is -0.478 e. The lowest BCUT2D eigenvalue weighted by Gasteiger charge is -2.10. The predicted octanol–water partition coefficient (Wildman–Crippen LogP) is 3.21. The lowest BCUT2D eigenvalue weighted by atomic mass is 9.94. The van der Waals surface area contributed by atoms with E-state index < -0.39 is 5.97 Å². The molecule has 1 aromatic carbocycles. The highest BCUT2D eigenvalue weighted by Crippen LogP contribution is 2.21. The summed E-state index contributed by atoms with van der Waals surface area (Å²) in [4.78, 5) is 10.7. The first-order valence-electron chi connectivity index (χ1n) is 5.11. The summed E-state index contributed by atoms with van der Waals surface area (Å²) in [6.07, 6.45) is 2.73. The Morgan fingerprint density at radius 3 is 2.47 bits per heavy atom. The topological polar surface area (TPSA) is 37.3 Å². The van der Waals surface area contributed by atoms with Crippen molar-refractivity contribution in [1.29, 1.82) is 0 Å². The first kappa shape index (κ1) is 11.5. The fourth-order valence-electron chi connectivity index (χ4n) is 1.52. The van der Waals surface area contributed by atoms with Crippen LogP contribution in [0.1, 0.15) is 31.7 Å². The Morgan fingerprint density at radius 1 is 1.40 bits per heavy atom. The zero-order valence-corrected chi connectivity index (χ0v) is 9.10. The van der Waals surface area contributed by atoms with Crippen molar-refractivity contribution in [1.82, 2.24) is 0 Å². The molecule has 0 fully saturated rings. The van der Waals surface area contributed by atoms with Crippen molar-refractivity contribution in [2.75, 3.05) is 0 Å². The minimum absolute atomic E-state index is 0.197. The minimum atomic E-state index is -0.843. The van der Waals surface area contributed by atoms with Crippen molar-refractivity contribution < 1.29 is 9.90 Å². The van der Waals surface area contributed by atoms with Crippen molar-refractivity contribution in [3.05, 3.63) is 47.5 Å². The fraction of sp³-hybridized carbons (Fsp3) is 0.308. The maximum Gasteiger partial charge on any atom is 0.330 e. The van der Waals surface area contributed by atoms with Crippen LogP contribution in [0.5, 0.6) is 0 Å². The van der Waals surface area contributed by atoms with E-state index in [4.69, 9.17) is 5.11 Å². The smallest absolute Gasteiger partial charge is 0.330 e. The van der Waals surface area contributed by atoms with Gasteiger partial charge in [0.05, 0.1) is 0 Å². The zero-order valence-electron chi connectivity index (χ0n) is 9.10. The van der Waals surface area contributed by atoms with Crippen molar-refractivity contribution in [2.24, 2.45) is 0 Å². The molecule has 0 radical (unpaired) electrons. The Hall–Kier alpha value is -1.57. The van der Waals surface area contributed by atoms with Gasteiger partial charge in [-0.1, -0.05) is 43.3 Å². The van der Waals surface area contributed by atoms with Gasteiger partial charge >= 0.3 is 5.97 Å². The normalized spacial score (nSPS) is 13.6. The van der Waals surface area contributed by atoms with E-state index >= 15 is 0 Å². The van der Waals surface area contributed by atoms with Crippen LogP contribution in [0.15, 0.2) is 42.0 Å². The third-order valence-electron chi connectivity index (χ3n) is 2.46. The summed E-state index contributed by atoms with van der Waals surface area (Å²) in [6.45, 7) is 3.69. The molecule has 0 amide bonds. The molecule has 2 heteroatoms. The van der Waals surface area contributed by atoms with Gasteiger partial charge in [-0.05, 0) is 18.9 Å². The van der Waals surface area contributed by atoms with Crippen LogP contribution in [0.2, 0.25) is 0 Å². The molecular weight excluding hydrogens is 188 g/mol. The number of carboxylic acid groups (broad SMARTS) is 1. The number of aliphatic carboxylic acids is 1. The molecule has 1 unspecified atom stereocenters. The summed E-state index contributed by atoms with van der Waals surface area (Å²) in [5.74, 6) is -0.647. The Kier molecular flexibility index (Phi) is 4.10. The maximum absolute atomic E-state index is 10.7. The van der Waals surface area contributed by atoms with Crippen molar-refractivity contribution in [2.45, 2.75) is 26.2 Å². The largest absolute Gasteiger partial charge is 0.478 e. The Morgan fingerprint density at radius 2 is 2.00 bits per heavy atom. The lowest BCUT2D eigenvalue weighted by Crippen LogP contribution is -2.00. The third kappa shape index (κ3) is 3.24. The lowest BCUT2D eigenvalue weighted by molar-refractivity contribution is -0.132. The van der Waals surface area contributed by atoms with E-state index in [0.717, 1.165) is 6.42 Å². The Labute approximate surface area is 90.3 Å². The monoisotopic (exact) mass is 204 g/mol. The van der Waals surface area contributed by atoms with Crippen LogP contribution in [-0.4, -0.2) is 11.1 Å². The summed E-state index contributed by atoms with van der Waals surface area (Å²) >= 11 is 0. The van der Waals surface area contributed by atoms with Crippen molar-refractivity contribution in [3.8, 4) is 0 Å². The summed E-state index contributed by atoms with van der Waals surface area (Å²) in [6, 6.07) is 9.97. The Balaban J connectivity index is 2.91. The first-order chi connectivity index (χ1) is 7.15. The standard InChI is InChI=1S/C13H16O2/c1-3-11(9-10(2)13(14)15)12-7-5-4-6-8-12/h4-9,11H,3H2,1-2H3,(H,14,15). The number of rotatable bonds is 4. The average molecular weight is 204 g/mol. The molecule has 0 saturated carbocycles. The van der Waals surface area contributed by atoms with Gasteiger partial charge in [-0.2, -0.15) is 0 Å². The first-order valence-corrected chi connectivity index (χ1v) is 5.11. The highest BCUT2D eigenvalue weighted by atomic mass is 16.4. The predicted molar refractivity (Wildman–Crippen MR) is 60.9 cm³/mol. The number of hydrogen-bond acceptors (Lipinski definition) is 1. The van der Waals surface area contributed by atoms with E-state index in [0.29, 0.717) is 5.57 Å². The van der Waals surface area contributed by atoms with Crippen LogP contribution in [0, 0.1) is 0 Å². The molecule has 15 heavy (non-hydrogen) atoms. The molecule has 80 valence electrons. The van der Waals surface area contributed by atoms with Gasteiger partial charge in [0, 0.05) is 11.5 Å². The molecule has 0 aliphatic heterocycles. The molecule has 1 N–H and O–H groups in total. The molecule has 1 atom stereocenters. The molecule has 0 aliphatic rings. The third-order valence-corrected chi connectivity index (χ3v) is 2.46. The van der Waals surface area contributed by atoms with E-state index in [-0.39, 0.29) is 5.92 Å². The molecule has 0 aliphatic carbocycles. The average Bonchev–Trinajstić information content (AvgIpc) is 2.26. The highest BCUT2D eigenvalue weighted by molar-refractivity contribution is 5.85. The van der Waals surface area contributed by atoms with Crippen LogP contribution < -0.4 is 0 Å². The van der Waals surface area contributed by atoms with E-state index in [1.165, 1.54) is 5.56 Å².